The molecule has 0 radical (unpaired) electrons. The second-order valence-corrected chi connectivity index (χ2v) is 4.37. The molecule has 1 aliphatic carbocycles. The molecule has 1 aromatic carbocycles. The van der Waals surface area contributed by atoms with Crippen molar-refractivity contribution >= 4 is 11.8 Å². The van der Waals surface area contributed by atoms with E-state index in [9.17, 15) is 14.7 Å². The summed E-state index contributed by atoms with van der Waals surface area (Å²) in [5.41, 5.74) is -0.356. The van der Waals surface area contributed by atoms with Gasteiger partial charge in [0.1, 0.15) is 11.5 Å². The first-order chi connectivity index (χ1) is 7.99. The average molecular weight is 234 g/mol. The van der Waals surface area contributed by atoms with Gasteiger partial charge in [-0.3, -0.25) is 9.59 Å². The first-order valence-corrected chi connectivity index (χ1v) is 5.53. The number of rotatable bonds is 2. The van der Waals surface area contributed by atoms with Crippen molar-refractivity contribution in [3.8, 4) is 5.75 Å². The smallest absolute Gasteiger partial charge is 0.308 e. The summed E-state index contributed by atoms with van der Waals surface area (Å²) in [5, 5.41) is 10.3. The van der Waals surface area contributed by atoms with Crippen molar-refractivity contribution in [2.24, 2.45) is 0 Å². The summed E-state index contributed by atoms with van der Waals surface area (Å²) >= 11 is 0. The topological polar surface area (TPSA) is 63.6 Å². The van der Waals surface area contributed by atoms with Crippen LogP contribution in [0.4, 0.5) is 0 Å². The van der Waals surface area contributed by atoms with Crippen molar-refractivity contribution in [3.05, 3.63) is 29.8 Å². The molecule has 0 heterocycles. The third kappa shape index (κ3) is 2.53. The summed E-state index contributed by atoms with van der Waals surface area (Å²) in [7, 11) is 0. The highest BCUT2D eigenvalue weighted by atomic mass is 16.5. The Morgan fingerprint density at radius 1 is 1.35 bits per heavy atom. The van der Waals surface area contributed by atoms with E-state index in [2.05, 4.69) is 0 Å². The number of carbonyl (C=O) groups excluding carboxylic acids is 2. The molecule has 1 saturated carbocycles. The summed E-state index contributed by atoms with van der Waals surface area (Å²) in [5.74, 6) is 0.137. The van der Waals surface area contributed by atoms with Gasteiger partial charge >= 0.3 is 5.97 Å². The summed E-state index contributed by atoms with van der Waals surface area (Å²) in [4.78, 5) is 22.0. The molecular weight excluding hydrogens is 220 g/mol. The molecule has 0 amide bonds. The van der Waals surface area contributed by atoms with E-state index < -0.39 is 5.60 Å². The van der Waals surface area contributed by atoms with E-state index in [1.54, 1.807) is 24.3 Å². The van der Waals surface area contributed by atoms with E-state index in [0.29, 0.717) is 24.2 Å². The number of hydrogen-bond acceptors (Lipinski definition) is 4. The van der Waals surface area contributed by atoms with E-state index in [1.165, 1.54) is 6.92 Å². The van der Waals surface area contributed by atoms with Crippen LogP contribution in [0.25, 0.3) is 0 Å². The highest BCUT2D eigenvalue weighted by Gasteiger charge is 2.37. The van der Waals surface area contributed by atoms with Gasteiger partial charge in [0.25, 0.3) is 0 Å². The van der Waals surface area contributed by atoms with Gasteiger partial charge in [-0.2, -0.15) is 0 Å². The van der Waals surface area contributed by atoms with Crippen LogP contribution in [0, 0.1) is 0 Å². The molecule has 4 nitrogen and oxygen atoms in total. The van der Waals surface area contributed by atoms with Crippen molar-refractivity contribution in [2.45, 2.75) is 31.8 Å². The normalized spacial score (nSPS) is 23.8. The van der Waals surface area contributed by atoms with Crippen LogP contribution in [0.1, 0.15) is 31.7 Å². The maximum absolute atomic E-state index is 11.2. The Kier molecular flexibility index (Phi) is 2.98. The van der Waals surface area contributed by atoms with Gasteiger partial charge in [0.15, 0.2) is 0 Å². The molecule has 2 rings (SSSR count). The fraction of sp³-hybridized carbons (Fsp3) is 0.385. The molecule has 0 aliphatic heterocycles. The Labute approximate surface area is 99.2 Å². The van der Waals surface area contributed by atoms with Crippen molar-refractivity contribution in [3.63, 3.8) is 0 Å². The second kappa shape index (κ2) is 4.30. The minimum absolute atomic E-state index is 0.0802. The predicted octanol–water partition coefficient (Wildman–Crippen LogP) is 1.55. The Bertz CT molecular complexity index is 449. The number of ketones is 1. The minimum atomic E-state index is -1.05. The van der Waals surface area contributed by atoms with Gasteiger partial charge in [-0.05, 0) is 24.1 Å². The van der Waals surface area contributed by atoms with Gasteiger partial charge in [0.05, 0.1) is 5.60 Å². The van der Waals surface area contributed by atoms with E-state index in [0.717, 1.165) is 0 Å². The molecule has 1 aromatic rings. The van der Waals surface area contributed by atoms with E-state index in [1.807, 2.05) is 0 Å². The van der Waals surface area contributed by atoms with Crippen LogP contribution in [0.3, 0.4) is 0 Å². The van der Waals surface area contributed by atoms with Crippen LogP contribution in [0.2, 0.25) is 0 Å². The van der Waals surface area contributed by atoms with Crippen LogP contribution >= 0.6 is 0 Å². The van der Waals surface area contributed by atoms with Crippen LogP contribution in [0.5, 0.6) is 5.75 Å². The average Bonchev–Trinajstić information content (AvgIpc) is 2.60. The number of carbonyl (C=O) groups is 2. The molecular formula is C13H14O4. The summed E-state index contributed by atoms with van der Waals surface area (Å²) in [6.07, 6.45) is 1.04. The Morgan fingerprint density at radius 3 is 2.47 bits per heavy atom. The Hall–Kier alpha value is -1.68. The van der Waals surface area contributed by atoms with E-state index in [4.69, 9.17) is 4.74 Å². The van der Waals surface area contributed by atoms with Gasteiger partial charge in [0, 0.05) is 19.8 Å². The second-order valence-electron chi connectivity index (χ2n) is 4.37. The Balaban J connectivity index is 2.18. The maximum atomic E-state index is 11.2. The number of aliphatic hydroxyl groups is 1. The van der Waals surface area contributed by atoms with Crippen LogP contribution in [-0.2, 0) is 15.2 Å². The van der Waals surface area contributed by atoms with E-state index >= 15 is 0 Å². The SMILES string of the molecule is CC(=O)Oc1ccc(C2(O)CCC(=O)C2)cc1. The minimum Gasteiger partial charge on any atom is -0.427 e. The molecule has 17 heavy (non-hydrogen) atoms. The fourth-order valence-corrected chi connectivity index (χ4v) is 2.09. The van der Waals surface area contributed by atoms with Crippen LogP contribution in [-0.4, -0.2) is 16.9 Å². The lowest BCUT2D eigenvalue weighted by molar-refractivity contribution is -0.131. The van der Waals surface area contributed by atoms with Gasteiger partial charge < -0.3 is 9.84 Å². The molecule has 0 spiro atoms. The molecule has 1 aliphatic rings. The van der Waals surface area contributed by atoms with Gasteiger partial charge in [-0.25, -0.2) is 0 Å². The molecule has 0 aromatic heterocycles. The number of benzene rings is 1. The lowest BCUT2D eigenvalue weighted by atomic mass is 9.92. The van der Waals surface area contributed by atoms with Gasteiger partial charge in [0.2, 0.25) is 0 Å². The summed E-state index contributed by atoms with van der Waals surface area (Å²) < 4.78 is 4.90. The highest BCUT2D eigenvalue weighted by Crippen LogP contribution is 2.37. The molecule has 90 valence electrons. The Morgan fingerprint density at radius 2 is 2.00 bits per heavy atom. The summed E-state index contributed by atoms with van der Waals surface area (Å²) in [6, 6.07) is 6.63. The van der Waals surface area contributed by atoms with Crippen molar-refractivity contribution in [2.75, 3.05) is 0 Å². The third-order valence-corrected chi connectivity index (χ3v) is 2.96. The zero-order valence-electron chi connectivity index (χ0n) is 9.60. The molecule has 1 N–H and O–H groups in total. The van der Waals surface area contributed by atoms with Crippen LogP contribution < -0.4 is 4.74 Å². The highest BCUT2D eigenvalue weighted by molar-refractivity contribution is 5.82. The number of Topliss-reactive ketones (excluding diaryl/α,β-unsaturated/α-hetero) is 1. The largest absolute Gasteiger partial charge is 0.427 e. The molecule has 0 bridgehead atoms. The monoisotopic (exact) mass is 234 g/mol. The molecule has 1 atom stereocenters. The van der Waals surface area contributed by atoms with Crippen molar-refractivity contribution in [1.29, 1.82) is 0 Å². The van der Waals surface area contributed by atoms with Gasteiger partial charge in [-0.15, -0.1) is 0 Å². The van der Waals surface area contributed by atoms with Crippen molar-refractivity contribution in [1.82, 2.24) is 0 Å². The van der Waals surface area contributed by atoms with Crippen molar-refractivity contribution < 1.29 is 19.4 Å². The fourth-order valence-electron chi connectivity index (χ4n) is 2.09. The lowest BCUT2D eigenvalue weighted by Crippen LogP contribution is -2.21. The van der Waals surface area contributed by atoms with Crippen LogP contribution in [0.15, 0.2) is 24.3 Å². The predicted molar refractivity (Wildman–Crippen MR) is 60.5 cm³/mol. The maximum Gasteiger partial charge on any atom is 0.308 e. The molecule has 4 heteroatoms. The molecule has 0 saturated heterocycles. The quantitative estimate of drug-likeness (QED) is 0.623. The zero-order chi connectivity index (χ0) is 12.5. The summed E-state index contributed by atoms with van der Waals surface area (Å²) in [6.45, 7) is 1.33. The standard InChI is InChI=1S/C13H14O4/c1-9(14)17-12-4-2-10(3-5-12)13(16)7-6-11(15)8-13/h2-5,16H,6-8H2,1H3. The lowest BCUT2D eigenvalue weighted by Gasteiger charge is -2.21. The third-order valence-electron chi connectivity index (χ3n) is 2.96. The van der Waals surface area contributed by atoms with E-state index in [-0.39, 0.29) is 18.2 Å². The number of hydrogen-bond donors (Lipinski definition) is 1. The first-order valence-electron chi connectivity index (χ1n) is 5.53. The number of esters is 1. The molecule has 1 fully saturated rings. The zero-order valence-corrected chi connectivity index (χ0v) is 9.60. The van der Waals surface area contributed by atoms with Gasteiger partial charge in [-0.1, -0.05) is 12.1 Å². The number of ether oxygens (including phenoxy) is 1. The molecule has 1 unspecified atom stereocenters. The first kappa shape index (κ1) is 11.8.